The molecule has 1 unspecified atom stereocenters. The number of anilines is 1. The van der Waals surface area contributed by atoms with Gasteiger partial charge in [0.2, 0.25) is 5.91 Å². The van der Waals surface area contributed by atoms with Crippen molar-refractivity contribution < 1.29 is 14.3 Å². The van der Waals surface area contributed by atoms with Crippen molar-refractivity contribution in [3.8, 4) is 11.1 Å². The summed E-state index contributed by atoms with van der Waals surface area (Å²) in [6, 6.07) is 7.50. The molecule has 1 saturated carbocycles. The molecule has 1 aromatic carbocycles. The summed E-state index contributed by atoms with van der Waals surface area (Å²) in [6.45, 7) is -0.0638. The maximum Gasteiger partial charge on any atom is 0.232 e. The van der Waals surface area contributed by atoms with Crippen LogP contribution in [0.1, 0.15) is 12.0 Å². The Labute approximate surface area is 141 Å². The smallest absolute Gasteiger partial charge is 0.232 e. The van der Waals surface area contributed by atoms with Crippen molar-refractivity contribution in [3.63, 3.8) is 0 Å². The number of aromatic nitrogens is 2. The minimum absolute atomic E-state index is 0.0638. The van der Waals surface area contributed by atoms with Crippen molar-refractivity contribution in [2.75, 3.05) is 5.32 Å². The van der Waals surface area contributed by atoms with E-state index in [1.54, 1.807) is 18.5 Å². The maximum absolute atomic E-state index is 12.9. The number of fused-ring (bicyclic) bond motifs is 1. The van der Waals surface area contributed by atoms with Gasteiger partial charge in [-0.25, -0.2) is 9.37 Å². The lowest BCUT2D eigenvalue weighted by Crippen LogP contribution is -2.14. The maximum atomic E-state index is 12.9. The molecule has 0 saturated heterocycles. The number of nitrogens with zero attached hydrogens (tertiary/aromatic N) is 2. The Morgan fingerprint density at radius 3 is 3.00 bits per heavy atom. The molecule has 1 fully saturated rings. The molecule has 0 spiro atoms. The Bertz CT molecular complexity index is 927. The normalized spacial score (nSPS) is 19.4. The van der Waals surface area contributed by atoms with Gasteiger partial charge in [-0.05, 0) is 35.7 Å². The Balaban J connectivity index is 1.65. The molecule has 3 aromatic rings. The van der Waals surface area contributed by atoms with E-state index >= 15 is 0 Å². The number of aliphatic hydroxyl groups is 1. The van der Waals surface area contributed by atoms with Crippen molar-refractivity contribution in [3.05, 3.63) is 42.2 Å². The SMILES string of the molecule is O=C(Nc1nc2ccc(-c3cnccc3CO)cc2s1)[C@@H]1CC1F. The average molecular weight is 343 g/mol. The van der Waals surface area contributed by atoms with Gasteiger partial charge in [-0.1, -0.05) is 17.4 Å². The van der Waals surface area contributed by atoms with Crippen molar-refractivity contribution in [1.29, 1.82) is 0 Å². The van der Waals surface area contributed by atoms with E-state index in [0.29, 0.717) is 11.6 Å². The van der Waals surface area contributed by atoms with Gasteiger partial charge in [-0.15, -0.1) is 0 Å². The molecule has 0 radical (unpaired) electrons. The number of thiazole rings is 1. The summed E-state index contributed by atoms with van der Waals surface area (Å²) in [7, 11) is 0. The highest BCUT2D eigenvalue weighted by molar-refractivity contribution is 7.22. The molecule has 7 heteroatoms. The van der Waals surface area contributed by atoms with E-state index in [1.165, 1.54) is 11.3 Å². The zero-order chi connectivity index (χ0) is 16.7. The monoisotopic (exact) mass is 343 g/mol. The van der Waals surface area contributed by atoms with E-state index < -0.39 is 12.1 Å². The third kappa shape index (κ3) is 2.76. The van der Waals surface area contributed by atoms with Crippen LogP contribution in [0.5, 0.6) is 0 Å². The van der Waals surface area contributed by atoms with Gasteiger partial charge in [0.15, 0.2) is 5.13 Å². The number of halogens is 1. The van der Waals surface area contributed by atoms with Gasteiger partial charge in [-0.3, -0.25) is 9.78 Å². The molecule has 2 heterocycles. The Kier molecular flexibility index (Phi) is 3.74. The van der Waals surface area contributed by atoms with Crippen LogP contribution >= 0.6 is 11.3 Å². The number of nitrogens with one attached hydrogen (secondary N) is 1. The lowest BCUT2D eigenvalue weighted by molar-refractivity contribution is -0.117. The molecule has 0 aliphatic heterocycles. The van der Waals surface area contributed by atoms with Gasteiger partial charge in [0.25, 0.3) is 0 Å². The second-order valence-corrected chi connectivity index (χ2v) is 6.77. The molecule has 0 bridgehead atoms. The first kappa shape index (κ1) is 15.2. The number of rotatable bonds is 4. The molecule has 5 nitrogen and oxygen atoms in total. The summed E-state index contributed by atoms with van der Waals surface area (Å²) in [4.78, 5) is 20.3. The Morgan fingerprint density at radius 2 is 2.25 bits per heavy atom. The van der Waals surface area contributed by atoms with E-state index in [9.17, 15) is 14.3 Å². The van der Waals surface area contributed by atoms with E-state index in [1.807, 2.05) is 18.2 Å². The van der Waals surface area contributed by atoms with Crippen molar-refractivity contribution in [1.82, 2.24) is 9.97 Å². The van der Waals surface area contributed by atoms with E-state index in [2.05, 4.69) is 15.3 Å². The zero-order valence-corrected chi connectivity index (χ0v) is 13.4. The number of amides is 1. The fraction of sp³-hybridized carbons (Fsp3) is 0.235. The summed E-state index contributed by atoms with van der Waals surface area (Å²) < 4.78 is 13.8. The summed E-state index contributed by atoms with van der Waals surface area (Å²) >= 11 is 1.35. The molecule has 2 aromatic heterocycles. The van der Waals surface area contributed by atoms with Crippen LogP contribution in [0.15, 0.2) is 36.7 Å². The number of carbonyl (C=O) groups is 1. The lowest BCUT2D eigenvalue weighted by atomic mass is 10.0. The van der Waals surface area contributed by atoms with Crippen LogP contribution in [0.25, 0.3) is 21.3 Å². The summed E-state index contributed by atoms with van der Waals surface area (Å²) in [5.74, 6) is -0.841. The van der Waals surface area contributed by atoms with Crippen LogP contribution in [0, 0.1) is 5.92 Å². The summed E-state index contributed by atoms with van der Waals surface area (Å²) in [5, 5.41) is 12.6. The standard InChI is InChI=1S/C17H14FN3O2S/c18-13-6-11(13)16(23)21-17-20-14-2-1-9(5-15(14)24-17)12-7-19-4-3-10(12)8-22/h1-5,7,11,13,22H,6,8H2,(H,20,21,23)/t11-,13?/m1/s1. The number of hydrogen-bond donors (Lipinski definition) is 2. The van der Waals surface area contributed by atoms with Crippen molar-refractivity contribution in [2.24, 2.45) is 5.92 Å². The van der Waals surface area contributed by atoms with Crippen LogP contribution < -0.4 is 5.32 Å². The van der Waals surface area contributed by atoms with Crippen LogP contribution in [0.2, 0.25) is 0 Å². The molecular formula is C17H14FN3O2S. The first-order valence-electron chi connectivity index (χ1n) is 7.55. The minimum Gasteiger partial charge on any atom is -0.392 e. The van der Waals surface area contributed by atoms with Gasteiger partial charge in [0, 0.05) is 18.0 Å². The number of benzene rings is 1. The van der Waals surface area contributed by atoms with Gasteiger partial charge in [-0.2, -0.15) is 0 Å². The van der Waals surface area contributed by atoms with Crippen molar-refractivity contribution >= 4 is 32.6 Å². The predicted octanol–water partition coefficient (Wildman–Crippen LogP) is 3.15. The number of carbonyl (C=O) groups excluding carboxylic acids is 1. The molecule has 1 aliphatic carbocycles. The average Bonchev–Trinajstić information content (AvgIpc) is 3.20. The number of hydrogen-bond acceptors (Lipinski definition) is 5. The fourth-order valence-electron chi connectivity index (χ4n) is 2.60. The van der Waals surface area contributed by atoms with E-state index in [0.717, 1.165) is 26.9 Å². The predicted molar refractivity (Wildman–Crippen MR) is 90.4 cm³/mol. The first-order chi connectivity index (χ1) is 11.7. The largest absolute Gasteiger partial charge is 0.392 e. The van der Waals surface area contributed by atoms with Gasteiger partial charge < -0.3 is 10.4 Å². The third-order valence-corrected chi connectivity index (χ3v) is 4.99. The highest BCUT2D eigenvalue weighted by Gasteiger charge is 2.43. The molecule has 24 heavy (non-hydrogen) atoms. The zero-order valence-electron chi connectivity index (χ0n) is 12.6. The molecule has 2 N–H and O–H groups in total. The fourth-order valence-corrected chi connectivity index (χ4v) is 3.51. The molecule has 4 rings (SSSR count). The van der Waals surface area contributed by atoms with Gasteiger partial charge in [0.1, 0.15) is 6.17 Å². The molecule has 1 amide bonds. The minimum atomic E-state index is -1.02. The number of alkyl halides is 1. The summed E-state index contributed by atoms with van der Waals surface area (Å²) in [6.07, 6.45) is 2.63. The first-order valence-corrected chi connectivity index (χ1v) is 8.37. The van der Waals surface area contributed by atoms with Crippen LogP contribution in [0.3, 0.4) is 0 Å². The summed E-state index contributed by atoms with van der Waals surface area (Å²) in [5.41, 5.74) is 3.34. The number of pyridine rings is 1. The molecular weight excluding hydrogens is 329 g/mol. The molecule has 122 valence electrons. The highest BCUT2D eigenvalue weighted by Crippen LogP contribution is 2.36. The Morgan fingerprint density at radius 1 is 1.42 bits per heavy atom. The molecule has 1 aliphatic rings. The Hall–Kier alpha value is -2.38. The van der Waals surface area contributed by atoms with E-state index in [-0.39, 0.29) is 12.5 Å². The second kappa shape index (κ2) is 5.92. The quantitative estimate of drug-likeness (QED) is 0.763. The van der Waals surface area contributed by atoms with Crippen LogP contribution in [0.4, 0.5) is 9.52 Å². The van der Waals surface area contributed by atoms with Crippen LogP contribution in [-0.4, -0.2) is 27.2 Å². The number of aliphatic hydroxyl groups excluding tert-OH is 1. The van der Waals surface area contributed by atoms with Crippen LogP contribution in [-0.2, 0) is 11.4 Å². The lowest BCUT2D eigenvalue weighted by Gasteiger charge is -2.06. The highest BCUT2D eigenvalue weighted by atomic mass is 32.1. The van der Waals surface area contributed by atoms with Crippen molar-refractivity contribution in [2.45, 2.75) is 19.2 Å². The van der Waals surface area contributed by atoms with Gasteiger partial charge >= 0.3 is 0 Å². The second-order valence-electron chi connectivity index (χ2n) is 5.74. The molecule has 2 atom stereocenters. The third-order valence-electron chi connectivity index (χ3n) is 4.06. The van der Waals surface area contributed by atoms with E-state index in [4.69, 9.17) is 0 Å². The van der Waals surface area contributed by atoms with Gasteiger partial charge in [0.05, 0.1) is 22.7 Å². The topological polar surface area (TPSA) is 75.1 Å².